The van der Waals surface area contributed by atoms with Gasteiger partial charge in [0.15, 0.2) is 5.82 Å². The number of rotatable bonds is 4. The van der Waals surface area contributed by atoms with Crippen molar-refractivity contribution in [2.24, 2.45) is 0 Å². The van der Waals surface area contributed by atoms with E-state index in [0.29, 0.717) is 0 Å². The van der Waals surface area contributed by atoms with Crippen LogP contribution in [0.1, 0.15) is 0 Å². The minimum Gasteiger partial charge on any atom is -0.456 e. The lowest BCUT2D eigenvalue weighted by atomic mass is 9.87. The monoisotopic (exact) mass is 648 g/mol. The fraction of sp³-hybridized carbons (Fsp3) is 0. The van der Waals surface area contributed by atoms with Crippen molar-refractivity contribution in [3.8, 4) is 67.7 Å². The molecule has 11 rings (SSSR count). The second-order valence-corrected chi connectivity index (χ2v) is 13.4. The fourth-order valence-corrected chi connectivity index (χ4v) is 8.04. The predicted octanol–water partition coefficient (Wildman–Crippen LogP) is 13.0. The molecule has 0 amide bonds. The van der Waals surface area contributed by atoms with Crippen molar-refractivity contribution in [2.45, 2.75) is 0 Å². The highest BCUT2D eigenvalue weighted by atomic mass is 16.5. The summed E-state index contributed by atoms with van der Waals surface area (Å²) in [5.74, 6) is 2.53. The van der Waals surface area contributed by atoms with Crippen LogP contribution >= 0.6 is 0 Å². The zero-order valence-electron chi connectivity index (χ0n) is 27.5. The highest BCUT2D eigenvalue weighted by molar-refractivity contribution is 6.25. The number of aromatic nitrogens is 2. The summed E-state index contributed by atoms with van der Waals surface area (Å²) in [5, 5.41) is 9.73. The van der Waals surface area contributed by atoms with E-state index in [-0.39, 0.29) is 0 Å². The Kier molecular flexibility index (Phi) is 5.96. The molecular formula is C48H28N2O. The van der Waals surface area contributed by atoms with Gasteiger partial charge in [-0.25, -0.2) is 9.97 Å². The summed E-state index contributed by atoms with van der Waals surface area (Å²) in [6.07, 6.45) is 0. The van der Waals surface area contributed by atoms with Crippen molar-refractivity contribution in [3.63, 3.8) is 0 Å². The predicted molar refractivity (Wildman–Crippen MR) is 210 cm³/mol. The van der Waals surface area contributed by atoms with E-state index in [2.05, 4.69) is 146 Å². The zero-order valence-corrected chi connectivity index (χ0v) is 27.5. The third kappa shape index (κ3) is 4.38. The van der Waals surface area contributed by atoms with Crippen LogP contribution < -0.4 is 4.74 Å². The standard InChI is InChI=1S/C48H28N2O/c1-3-10-29(11-4-1)41-28-42(30-12-5-2-6-13-30)50-48(49-41)36-26-33-20-18-31-24-35(25-32-19-21-34(27-36)46(33)45(31)32)37-22-23-44-47-39(37)15-9-16-40(47)38-14-7-8-17-43(38)51-44/h1-28H. The molecule has 0 unspecified atom stereocenters. The lowest BCUT2D eigenvalue weighted by Gasteiger charge is -2.22. The van der Waals surface area contributed by atoms with E-state index < -0.39 is 0 Å². The van der Waals surface area contributed by atoms with Crippen LogP contribution in [0.15, 0.2) is 170 Å². The Morgan fingerprint density at radius 1 is 0.333 bits per heavy atom. The van der Waals surface area contributed by atoms with Crippen LogP contribution in [0, 0.1) is 0 Å². The molecule has 0 N–H and O–H groups in total. The number of nitrogens with zero attached hydrogens (tertiary/aromatic N) is 2. The quantitative estimate of drug-likeness (QED) is 0.178. The van der Waals surface area contributed by atoms with Gasteiger partial charge in [0.2, 0.25) is 0 Å². The summed E-state index contributed by atoms with van der Waals surface area (Å²) >= 11 is 0. The number of para-hydroxylation sites is 1. The molecule has 0 fully saturated rings. The second-order valence-electron chi connectivity index (χ2n) is 13.4. The summed E-state index contributed by atoms with van der Waals surface area (Å²) in [6.45, 7) is 0. The maximum Gasteiger partial charge on any atom is 0.160 e. The van der Waals surface area contributed by atoms with Crippen LogP contribution in [0.3, 0.4) is 0 Å². The van der Waals surface area contributed by atoms with Crippen molar-refractivity contribution in [2.75, 3.05) is 0 Å². The van der Waals surface area contributed by atoms with E-state index >= 15 is 0 Å². The first-order valence-corrected chi connectivity index (χ1v) is 17.3. The number of hydrogen-bond acceptors (Lipinski definition) is 3. The normalized spacial score (nSPS) is 12.1. The minimum absolute atomic E-state index is 0.720. The van der Waals surface area contributed by atoms with Crippen LogP contribution in [0.2, 0.25) is 0 Å². The van der Waals surface area contributed by atoms with Crippen molar-refractivity contribution in [1.82, 2.24) is 9.97 Å². The van der Waals surface area contributed by atoms with Crippen LogP contribution in [-0.2, 0) is 0 Å². The average molecular weight is 649 g/mol. The van der Waals surface area contributed by atoms with Gasteiger partial charge in [-0.2, -0.15) is 0 Å². The molecule has 0 saturated heterocycles. The molecule has 0 atom stereocenters. The Labute approximate surface area is 294 Å². The number of ether oxygens (including phenoxy) is 1. The summed E-state index contributed by atoms with van der Waals surface area (Å²) in [6, 6.07) is 60.2. The van der Waals surface area contributed by atoms with Crippen molar-refractivity contribution >= 4 is 43.1 Å². The second kappa shape index (κ2) is 10.8. The number of hydrogen-bond donors (Lipinski definition) is 0. The minimum atomic E-state index is 0.720. The highest BCUT2D eigenvalue weighted by Gasteiger charge is 2.22. The summed E-state index contributed by atoms with van der Waals surface area (Å²) in [4.78, 5) is 10.2. The van der Waals surface area contributed by atoms with Crippen LogP contribution in [-0.4, -0.2) is 9.97 Å². The molecule has 0 spiro atoms. The zero-order chi connectivity index (χ0) is 33.5. The molecule has 2 heterocycles. The van der Waals surface area contributed by atoms with Crippen molar-refractivity contribution < 1.29 is 4.74 Å². The van der Waals surface area contributed by atoms with Gasteiger partial charge in [-0.05, 0) is 96.9 Å². The molecule has 1 aromatic heterocycles. The molecule has 51 heavy (non-hydrogen) atoms. The smallest absolute Gasteiger partial charge is 0.160 e. The summed E-state index contributed by atoms with van der Waals surface area (Å²) in [7, 11) is 0. The van der Waals surface area contributed by atoms with Crippen LogP contribution in [0.25, 0.3) is 99.2 Å². The molecule has 1 aliphatic heterocycles. The van der Waals surface area contributed by atoms with E-state index in [1.807, 2.05) is 24.3 Å². The molecule has 9 aromatic carbocycles. The maximum atomic E-state index is 6.39. The maximum absolute atomic E-state index is 6.39. The van der Waals surface area contributed by atoms with Gasteiger partial charge in [-0.15, -0.1) is 0 Å². The van der Waals surface area contributed by atoms with Crippen LogP contribution in [0.4, 0.5) is 0 Å². The topological polar surface area (TPSA) is 35.0 Å². The van der Waals surface area contributed by atoms with Gasteiger partial charge >= 0.3 is 0 Å². The highest BCUT2D eigenvalue weighted by Crippen LogP contribution is 2.49. The van der Waals surface area contributed by atoms with E-state index in [1.165, 1.54) is 59.8 Å². The lowest BCUT2D eigenvalue weighted by Crippen LogP contribution is -1.97. The van der Waals surface area contributed by atoms with Crippen LogP contribution in [0.5, 0.6) is 11.5 Å². The Morgan fingerprint density at radius 2 is 0.882 bits per heavy atom. The molecular weight excluding hydrogens is 621 g/mol. The molecule has 0 bridgehead atoms. The Balaban J connectivity index is 1.07. The van der Waals surface area contributed by atoms with E-state index in [1.54, 1.807) is 0 Å². The van der Waals surface area contributed by atoms with E-state index in [0.717, 1.165) is 51.0 Å². The third-order valence-electron chi connectivity index (χ3n) is 10.4. The molecule has 0 radical (unpaired) electrons. The first-order chi connectivity index (χ1) is 25.2. The van der Waals surface area contributed by atoms with Gasteiger partial charge in [-0.3, -0.25) is 0 Å². The molecule has 3 heteroatoms. The molecule has 236 valence electrons. The first kappa shape index (κ1) is 28.0. The van der Waals surface area contributed by atoms with Crippen molar-refractivity contribution in [3.05, 3.63) is 170 Å². The molecule has 0 saturated carbocycles. The van der Waals surface area contributed by atoms with Gasteiger partial charge in [0.05, 0.1) is 11.4 Å². The lowest BCUT2D eigenvalue weighted by molar-refractivity contribution is 0.487. The Morgan fingerprint density at radius 3 is 1.51 bits per heavy atom. The van der Waals surface area contributed by atoms with Gasteiger partial charge in [-0.1, -0.05) is 127 Å². The largest absolute Gasteiger partial charge is 0.456 e. The summed E-state index contributed by atoms with van der Waals surface area (Å²) < 4.78 is 6.39. The number of fused-ring (bicyclic) bond motifs is 2. The summed E-state index contributed by atoms with van der Waals surface area (Å²) in [5.41, 5.74) is 9.71. The van der Waals surface area contributed by atoms with Gasteiger partial charge < -0.3 is 4.74 Å². The third-order valence-corrected chi connectivity index (χ3v) is 10.4. The fourth-order valence-electron chi connectivity index (χ4n) is 8.04. The van der Waals surface area contributed by atoms with Crippen molar-refractivity contribution in [1.29, 1.82) is 0 Å². The molecule has 3 nitrogen and oxygen atoms in total. The van der Waals surface area contributed by atoms with E-state index in [4.69, 9.17) is 14.7 Å². The Bertz CT molecular complexity index is 2860. The number of benzene rings is 9. The Hall–Kier alpha value is -6.84. The van der Waals surface area contributed by atoms with Gasteiger partial charge in [0, 0.05) is 27.6 Å². The average Bonchev–Trinajstić information content (AvgIpc) is 3.20. The SMILES string of the molecule is c1ccc(-c2cc(-c3ccccc3)nc(-c3cc4ccc5cc(-c6ccc7c8c(cccc68)-c6ccccc6O7)cc6ccc(c3)c4c56)n2)cc1. The van der Waals surface area contributed by atoms with Gasteiger partial charge in [0.1, 0.15) is 11.5 Å². The molecule has 0 aliphatic carbocycles. The molecule has 1 aliphatic rings. The first-order valence-electron chi connectivity index (χ1n) is 17.3. The van der Waals surface area contributed by atoms with Gasteiger partial charge in [0.25, 0.3) is 0 Å². The molecule has 10 aromatic rings. The van der Waals surface area contributed by atoms with E-state index in [9.17, 15) is 0 Å².